The first-order valence-corrected chi connectivity index (χ1v) is 8.40. The maximum atomic E-state index is 13.5. The number of carbonyl (C=O) groups is 1. The lowest BCUT2D eigenvalue weighted by Gasteiger charge is -2.26. The first-order chi connectivity index (χ1) is 10.1. The highest BCUT2D eigenvalue weighted by molar-refractivity contribution is 9.10. The molecule has 1 unspecified atom stereocenters. The summed E-state index contributed by atoms with van der Waals surface area (Å²) in [6.07, 6.45) is 0.806. The highest BCUT2D eigenvalue weighted by atomic mass is 79.9. The third kappa shape index (κ3) is 3.30. The molecule has 1 aliphatic rings. The molecule has 0 aromatic heterocycles. The van der Waals surface area contributed by atoms with E-state index in [0.717, 1.165) is 27.1 Å². The van der Waals surface area contributed by atoms with Gasteiger partial charge in [0.2, 0.25) is 0 Å². The molecule has 1 N–H and O–H groups in total. The molecule has 0 fully saturated rings. The summed E-state index contributed by atoms with van der Waals surface area (Å²) in [6, 6.07) is 11.9. The first kappa shape index (κ1) is 14.6. The maximum Gasteiger partial charge on any atom is 0.251 e. The van der Waals surface area contributed by atoms with Crippen LogP contribution in [0.4, 0.5) is 4.39 Å². The predicted octanol–water partition coefficient (Wildman–Crippen LogP) is 4.56. The fraction of sp³-hybridized carbons (Fsp3) is 0.188. The van der Waals surface area contributed by atoms with Gasteiger partial charge in [-0.1, -0.05) is 22.0 Å². The Morgan fingerprint density at radius 3 is 2.95 bits per heavy atom. The van der Waals surface area contributed by atoms with E-state index in [4.69, 9.17) is 0 Å². The zero-order chi connectivity index (χ0) is 14.8. The lowest BCUT2D eigenvalue weighted by molar-refractivity contribution is 0.0935. The number of amides is 1. The van der Waals surface area contributed by atoms with Crippen molar-refractivity contribution in [3.05, 3.63) is 63.9 Å². The van der Waals surface area contributed by atoms with Gasteiger partial charge < -0.3 is 5.32 Å². The lowest BCUT2D eigenvalue weighted by atomic mass is 10.0. The minimum atomic E-state index is -0.266. The number of hydrogen-bond donors (Lipinski definition) is 1. The first-order valence-electron chi connectivity index (χ1n) is 6.62. The zero-order valence-electron chi connectivity index (χ0n) is 11.1. The third-order valence-electron chi connectivity index (χ3n) is 3.40. The van der Waals surface area contributed by atoms with Gasteiger partial charge in [-0.05, 0) is 48.4 Å². The van der Waals surface area contributed by atoms with Gasteiger partial charge in [0.1, 0.15) is 5.82 Å². The fourth-order valence-corrected chi connectivity index (χ4v) is 3.89. The molecular formula is C16H13BrFNOS. The van der Waals surface area contributed by atoms with Crippen LogP contribution in [0.15, 0.2) is 51.8 Å². The Morgan fingerprint density at radius 1 is 1.29 bits per heavy atom. The van der Waals surface area contributed by atoms with Crippen LogP contribution in [-0.4, -0.2) is 11.7 Å². The van der Waals surface area contributed by atoms with Gasteiger partial charge in [0, 0.05) is 20.7 Å². The second-order valence-electron chi connectivity index (χ2n) is 4.86. The van der Waals surface area contributed by atoms with Crippen LogP contribution < -0.4 is 5.32 Å². The van der Waals surface area contributed by atoms with Gasteiger partial charge in [-0.15, -0.1) is 11.8 Å². The van der Waals surface area contributed by atoms with E-state index in [9.17, 15) is 9.18 Å². The Balaban J connectivity index is 1.83. The maximum absolute atomic E-state index is 13.5. The molecule has 0 saturated heterocycles. The van der Waals surface area contributed by atoms with Crippen molar-refractivity contribution in [2.24, 2.45) is 0 Å². The summed E-state index contributed by atoms with van der Waals surface area (Å²) in [5.74, 6) is 0.517. The third-order valence-corrected chi connectivity index (χ3v) is 5.02. The summed E-state index contributed by atoms with van der Waals surface area (Å²) < 4.78 is 14.3. The summed E-state index contributed by atoms with van der Waals surface area (Å²) >= 11 is 5.06. The second kappa shape index (κ2) is 6.20. The number of thioether (sulfide) groups is 1. The Morgan fingerprint density at radius 2 is 2.14 bits per heavy atom. The quantitative estimate of drug-likeness (QED) is 0.845. The van der Waals surface area contributed by atoms with E-state index in [1.165, 1.54) is 12.1 Å². The summed E-state index contributed by atoms with van der Waals surface area (Å²) in [5, 5.41) is 3.01. The van der Waals surface area contributed by atoms with Crippen LogP contribution >= 0.6 is 27.7 Å². The fourth-order valence-electron chi connectivity index (χ4n) is 2.39. The van der Waals surface area contributed by atoms with Crippen LogP contribution in [0.2, 0.25) is 0 Å². The van der Waals surface area contributed by atoms with Crippen molar-refractivity contribution in [1.82, 2.24) is 5.32 Å². The Hall–Kier alpha value is -1.33. The molecule has 0 aliphatic carbocycles. The number of nitrogens with one attached hydrogen (secondary N) is 1. The monoisotopic (exact) mass is 365 g/mol. The van der Waals surface area contributed by atoms with Crippen molar-refractivity contribution in [3.8, 4) is 0 Å². The van der Waals surface area contributed by atoms with Crippen LogP contribution in [0.3, 0.4) is 0 Å². The number of halogens is 2. The Bertz CT molecular complexity index is 692. The molecule has 1 amide bonds. The van der Waals surface area contributed by atoms with Crippen molar-refractivity contribution >= 4 is 33.6 Å². The normalized spacial score (nSPS) is 17.1. The molecule has 3 rings (SSSR count). The predicted molar refractivity (Wildman–Crippen MR) is 86.1 cm³/mol. The number of fused-ring (bicyclic) bond motifs is 1. The second-order valence-corrected chi connectivity index (χ2v) is 6.91. The topological polar surface area (TPSA) is 29.1 Å². The average molecular weight is 366 g/mol. The van der Waals surface area contributed by atoms with Crippen molar-refractivity contribution in [3.63, 3.8) is 0 Å². The highest BCUT2D eigenvalue weighted by Gasteiger charge is 2.23. The molecule has 21 heavy (non-hydrogen) atoms. The summed E-state index contributed by atoms with van der Waals surface area (Å²) in [7, 11) is 0. The average Bonchev–Trinajstić information content (AvgIpc) is 2.48. The molecule has 108 valence electrons. The van der Waals surface area contributed by atoms with Gasteiger partial charge in [-0.2, -0.15) is 0 Å². The van der Waals surface area contributed by atoms with Gasteiger partial charge in [0.05, 0.1) is 6.04 Å². The number of benzene rings is 2. The van der Waals surface area contributed by atoms with Crippen LogP contribution in [0, 0.1) is 5.82 Å². The molecule has 0 radical (unpaired) electrons. The van der Waals surface area contributed by atoms with E-state index < -0.39 is 0 Å². The highest BCUT2D eigenvalue weighted by Crippen LogP contribution is 2.36. The van der Waals surface area contributed by atoms with Crippen LogP contribution in [-0.2, 0) is 0 Å². The summed E-state index contributed by atoms with van der Waals surface area (Å²) in [5.41, 5.74) is 1.47. The van der Waals surface area contributed by atoms with Gasteiger partial charge in [-0.3, -0.25) is 4.79 Å². The molecule has 2 aromatic rings. The summed E-state index contributed by atoms with van der Waals surface area (Å²) in [6.45, 7) is 0. The molecule has 1 atom stereocenters. The molecule has 0 saturated carbocycles. The van der Waals surface area contributed by atoms with Crippen molar-refractivity contribution < 1.29 is 9.18 Å². The molecule has 0 bridgehead atoms. The molecular weight excluding hydrogens is 353 g/mol. The molecule has 2 nitrogen and oxygen atoms in total. The minimum absolute atomic E-state index is 0.136. The van der Waals surface area contributed by atoms with Gasteiger partial charge in [0.25, 0.3) is 5.91 Å². The zero-order valence-corrected chi connectivity index (χ0v) is 13.5. The Kier molecular flexibility index (Phi) is 4.31. The minimum Gasteiger partial charge on any atom is -0.345 e. The molecule has 2 aromatic carbocycles. The van der Waals surface area contributed by atoms with E-state index in [0.29, 0.717) is 5.56 Å². The van der Waals surface area contributed by atoms with Gasteiger partial charge in [0.15, 0.2) is 0 Å². The summed E-state index contributed by atoms with van der Waals surface area (Å²) in [4.78, 5) is 13.4. The standard InChI is InChI=1S/C16H13BrFNOS/c17-11-3-1-2-10(8-11)16(20)19-14-6-7-21-15-5-4-12(18)9-13(14)15/h1-5,8-9,14H,6-7H2,(H,19,20). The number of carbonyl (C=O) groups excluding carboxylic acids is 1. The molecule has 1 heterocycles. The molecule has 1 aliphatic heterocycles. The molecule has 5 heteroatoms. The van der Waals surface area contributed by atoms with Crippen molar-refractivity contribution in [2.45, 2.75) is 17.4 Å². The van der Waals surface area contributed by atoms with Crippen molar-refractivity contribution in [2.75, 3.05) is 5.75 Å². The number of hydrogen-bond acceptors (Lipinski definition) is 2. The van der Waals surface area contributed by atoms with Crippen molar-refractivity contribution in [1.29, 1.82) is 0 Å². The van der Waals surface area contributed by atoms with Gasteiger partial charge in [-0.25, -0.2) is 4.39 Å². The van der Waals surface area contributed by atoms with Crippen LogP contribution in [0.1, 0.15) is 28.4 Å². The number of rotatable bonds is 2. The smallest absolute Gasteiger partial charge is 0.251 e. The largest absolute Gasteiger partial charge is 0.345 e. The van der Waals surface area contributed by atoms with E-state index in [1.807, 2.05) is 12.1 Å². The van der Waals surface area contributed by atoms with E-state index in [-0.39, 0.29) is 17.8 Å². The van der Waals surface area contributed by atoms with E-state index in [2.05, 4.69) is 21.2 Å². The molecule has 0 spiro atoms. The Labute approximate surface area is 135 Å². The van der Waals surface area contributed by atoms with Gasteiger partial charge >= 0.3 is 0 Å². The van der Waals surface area contributed by atoms with Crippen LogP contribution in [0.5, 0.6) is 0 Å². The van der Waals surface area contributed by atoms with E-state index in [1.54, 1.807) is 30.0 Å². The van der Waals surface area contributed by atoms with Crippen LogP contribution in [0.25, 0.3) is 0 Å². The van der Waals surface area contributed by atoms with E-state index >= 15 is 0 Å². The SMILES string of the molecule is O=C(NC1CCSc2ccc(F)cc21)c1cccc(Br)c1. The lowest BCUT2D eigenvalue weighted by Crippen LogP contribution is -2.30.